The predicted molar refractivity (Wildman–Crippen MR) is 97.4 cm³/mol. The molecule has 0 radical (unpaired) electrons. The van der Waals surface area contributed by atoms with Gasteiger partial charge in [-0.15, -0.1) is 5.11 Å². The van der Waals surface area contributed by atoms with E-state index < -0.39 is 23.0 Å². The number of halogens is 1. The molecular formula is C18H18ClN3O4. The number of anilines is 1. The number of azo groups is 1. The lowest BCUT2D eigenvalue weighted by atomic mass is 10.1. The number of ketones is 1. The Balaban J connectivity index is 2.17. The number of alkyl halides is 1. The van der Waals surface area contributed by atoms with Crippen LogP contribution in [0, 0.1) is 0 Å². The van der Waals surface area contributed by atoms with Crippen LogP contribution in [0.4, 0.5) is 11.4 Å². The average Bonchev–Trinajstić information content (AvgIpc) is 2.68. The minimum Gasteiger partial charge on any atom is -0.364 e. The Kier molecular flexibility index (Phi) is 6.97. The van der Waals surface area contributed by atoms with Gasteiger partial charge in [0.1, 0.15) is 0 Å². The molecule has 0 aliphatic rings. The van der Waals surface area contributed by atoms with Crippen LogP contribution in [0.25, 0.3) is 0 Å². The number of amides is 1. The number of rotatable bonds is 8. The molecular weight excluding hydrogens is 358 g/mol. The van der Waals surface area contributed by atoms with Crippen molar-refractivity contribution in [3.63, 3.8) is 0 Å². The quantitative estimate of drug-likeness (QED) is 0.331. The van der Waals surface area contributed by atoms with Gasteiger partial charge in [-0.05, 0) is 24.3 Å². The fourth-order valence-corrected chi connectivity index (χ4v) is 2.17. The summed E-state index contributed by atoms with van der Waals surface area (Å²) < 4.78 is 10.0. The summed E-state index contributed by atoms with van der Waals surface area (Å²) in [6, 6.07) is 17.3. The molecule has 7 nitrogen and oxygen atoms in total. The summed E-state index contributed by atoms with van der Waals surface area (Å²) in [5.41, 5.74) is 0.987. The number of carbonyl (C=O) groups is 2. The molecule has 0 aromatic heterocycles. The zero-order valence-corrected chi connectivity index (χ0v) is 15.0. The van der Waals surface area contributed by atoms with Gasteiger partial charge in [0.05, 0.1) is 5.69 Å². The lowest BCUT2D eigenvalue weighted by Crippen LogP contribution is -2.47. The van der Waals surface area contributed by atoms with E-state index in [-0.39, 0.29) is 0 Å². The summed E-state index contributed by atoms with van der Waals surface area (Å²) in [6.45, 7) is 0. The lowest BCUT2D eigenvalue weighted by Gasteiger charge is -2.22. The Morgan fingerprint density at radius 2 is 1.62 bits per heavy atom. The van der Waals surface area contributed by atoms with Crippen molar-refractivity contribution in [1.82, 2.24) is 0 Å². The highest BCUT2D eigenvalue weighted by molar-refractivity contribution is 6.36. The molecule has 0 heterocycles. The number of para-hydroxylation sites is 1. The van der Waals surface area contributed by atoms with E-state index in [2.05, 4.69) is 15.5 Å². The number of methoxy groups -OCH3 is 2. The van der Waals surface area contributed by atoms with E-state index in [1.165, 1.54) is 14.2 Å². The van der Waals surface area contributed by atoms with Crippen LogP contribution in [0.5, 0.6) is 0 Å². The van der Waals surface area contributed by atoms with Crippen LogP contribution in [0.3, 0.4) is 0 Å². The Labute approximate surface area is 156 Å². The molecule has 8 heteroatoms. The number of nitrogens with one attached hydrogen (secondary N) is 1. The van der Waals surface area contributed by atoms with Gasteiger partial charge < -0.3 is 14.8 Å². The van der Waals surface area contributed by atoms with Gasteiger partial charge in [-0.1, -0.05) is 48.0 Å². The number of Topliss-reactive ketones (excluding diaryl/α,β-unsaturated/α-hetero) is 1. The zero-order chi connectivity index (χ0) is 19.0. The van der Waals surface area contributed by atoms with Crippen molar-refractivity contribution >= 4 is 34.7 Å². The SMILES string of the molecule is COC(C(=O)Nc1ccccc1)C(=O)C(Cl)(N=Nc1ccccc1)OC. The second-order valence-corrected chi connectivity index (χ2v) is 5.65. The monoisotopic (exact) mass is 375 g/mol. The fraction of sp³-hybridized carbons (Fsp3) is 0.222. The Hall–Kier alpha value is -2.61. The molecule has 0 aliphatic heterocycles. The first kappa shape index (κ1) is 19.7. The minimum absolute atomic E-state index is 0.477. The molecule has 26 heavy (non-hydrogen) atoms. The number of hydrogen-bond acceptors (Lipinski definition) is 6. The van der Waals surface area contributed by atoms with E-state index in [1.807, 2.05) is 6.07 Å². The Morgan fingerprint density at radius 1 is 1.04 bits per heavy atom. The molecule has 1 amide bonds. The van der Waals surface area contributed by atoms with Gasteiger partial charge in [0, 0.05) is 19.9 Å². The molecule has 0 saturated heterocycles. The molecule has 2 aromatic carbocycles. The molecule has 0 fully saturated rings. The summed E-state index contributed by atoms with van der Waals surface area (Å²) >= 11 is 6.15. The summed E-state index contributed by atoms with van der Waals surface area (Å²) in [6.07, 6.45) is -1.53. The second-order valence-electron chi connectivity index (χ2n) is 5.14. The largest absolute Gasteiger partial charge is 0.364 e. The van der Waals surface area contributed by atoms with E-state index >= 15 is 0 Å². The van der Waals surface area contributed by atoms with E-state index in [0.717, 1.165) is 0 Å². The highest BCUT2D eigenvalue weighted by atomic mass is 35.5. The number of nitrogens with zero attached hydrogens (tertiary/aromatic N) is 2. The first-order chi connectivity index (χ1) is 12.5. The standard InChI is InChI=1S/C18H18ClN3O4/c1-25-15(17(24)20-13-9-5-3-6-10-13)16(23)18(19,26-2)22-21-14-11-7-4-8-12-14/h3-12,15H,1-2H3,(H,20,24). The molecule has 2 atom stereocenters. The van der Waals surface area contributed by atoms with Crippen LogP contribution in [-0.4, -0.2) is 37.2 Å². The fourth-order valence-electron chi connectivity index (χ4n) is 2.03. The normalized spacial score (nSPS) is 14.6. The van der Waals surface area contributed by atoms with Crippen LogP contribution in [0.1, 0.15) is 0 Å². The van der Waals surface area contributed by atoms with E-state index in [0.29, 0.717) is 11.4 Å². The van der Waals surface area contributed by atoms with Crippen molar-refractivity contribution in [1.29, 1.82) is 0 Å². The molecule has 136 valence electrons. The molecule has 0 spiro atoms. The predicted octanol–water partition coefficient (Wildman–Crippen LogP) is 3.53. The molecule has 2 aromatic rings. The number of carbonyl (C=O) groups excluding carboxylic acids is 2. The third-order valence-corrected chi connectivity index (χ3v) is 3.79. The first-order valence-electron chi connectivity index (χ1n) is 7.65. The zero-order valence-electron chi connectivity index (χ0n) is 14.3. The molecule has 0 saturated carbocycles. The minimum atomic E-state index is -2.19. The van der Waals surface area contributed by atoms with Gasteiger partial charge in [-0.3, -0.25) is 9.59 Å². The van der Waals surface area contributed by atoms with E-state index in [4.69, 9.17) is 21.1 Å². The summed E-state index contributed by atoms with van der Waals surface area (Å²) in [4.78, 5) is 25.1. The second kappa shape index (κ2) is 9.19. The van der Waals surface area contributed by atoms with Crippen LogP contribution in [-0.2, 0) is 19.1 Å². The number of ether oxygens (including phenoxy) is 2. The maximum Gasteiger partial charge on any atom is 0.319 e. The van der Waals surface area contributed by atoms with Gasteiger partial charge in [-0.2, -0.15) is 5.11 Å². The summed E-state index contributed by atoms with van der Waals surface area (Å²) in [7, 11) is 2.41. The molecule has 1 N–H and O–H groups in total. The highest BCUT2D eigenvalue weighted by Crippen LogP contribution is 2.25. The van der Waals surface area contributed by atoms with Gasteiger partial charge in [0.15, 0.2) is 0 Å². The van der Waals surface area contributed by atoms with Crippen molar-refractivity contribution in [2.45, 2.75) is 11.3 Å². The average molecular weight is 376 g/mol. The van der Waals surface area contributed by atoms with Crippen LogP contribution in [0.15, 0.2) is 70.9 Å². The molecule has 0 aliphatic carbocycles. The molecule has 2 unspecified atom stereocenters. The van der Waals surface area contributed by atoms with Crippen LogP contribution < -0.4 is 5.32 Å². The third-order valence-electron chi connectivity index (χ3n) is 3.38. The third kappa shape index (κ3) is 4.95. The molecule has 2 rings (SSSR count). The summed E-state index contributed by atoms with van der Waals surface area (Å²) in [5, 5.41) is 8.03. The van der Waals surface area contributed by atoms with Crippen molar-refractivity contribution in [2.75, 3.05) is 19.5 Å². The van der Waals surface area contributed by atoms with Gasteiger partial charge in [-0.25, -0.2) is 0 Å². The maximum atomic E-state index is 12.7. The number of hydrogen-bond donors (Lipinski definition) is 1. The van der Waals surface area contributed by atoms with E-state index in [1.54, 1.807) is 54.6 Å². The van der Waals surface area contributed by atoms with Gasteiger partial charge in [0.2, 0.25) is 11.9 Å². The Morgan fingerprint density at radius 3 is 2.15 bits per heavy atom. The van der Waals surface area contributed by atoms with E-state index in [9.17, 15) is 9.59 Å². The Bertz CT molecular complexity index is 771. The lowest BCUT2D eigenvalue weighted by molar-refractivity contribution is -0.148. The van der Waals surface area contributed by atoms with Crippen molar-refractivity contribution < 1.29 is 19.1 Å². The van der Waals surface area contributed by atoms with Gasteiger partial charge in [0.25, 0.3) is 5.91 Å². The molecule has 0 bridgehead atoms. The van der Waals surface area contributed by atoms with Crippen LogP contribution in [0.2, 0.25) is 0 Å². The first-order valence-corrected chi connectivity index (χ1v) is 8.03. The highest BCUT2D eigenvalue weighted by Gasteiger charge is 2.45. The topological polar surface area (TPSA) is 89.3 Å². The van der Waals surface area contributed by atoms with Crippen molar-refractivity contribution in [2.24, 2.45) is 10.2 Å². The number of benzene rings is 2. The smallest absolute Gasteiger partial charge is 0.319 e. The van der Waals surface area contributed by atoms with Gasteiger partial charge >= 0.3 is 5.18 Å². The maximum absolute atomic E-state index is 12.7. The van der Waals surface area contributed by atoms with Crippen molar-refractivity contribution in [3.8, 4) is 0 Å². The van der Waals surface area contributed by atoms with Crippen molar-refractivity contribution in [3.05, 3.63) is 60.7 Å². The summed E-state index contributed by atoms with van der Waals surface area (Å²) in [5.74, 6) is -1.59. The van der Waals surface area contributed by atoms with Crippen LogP contribution >= 0.6 is 11.6 Å².